The highest BCUT2D eigenvalue weighted by Gasteiger charge is 2.23. The van der Waals surface area contributed by atoms with Gasteiger partial charge < -0.3 is 4.42 Å². The van der Waals surface area contributed by atoms with Gasteiger partial charge in [-0.05, 0) is 24.0 Å². The summed E-state index contributed by atoms with van der Waals surface area (Å²) in [5.74, 6) is 7.53. The van der Waals surface area contributed by atoms with Crippen molar-refractivity contribution < 1.29 is 4.42 Å². The molecule has 1 aromatic carbocycles. The van der Waals surface area contributed by atoms with Crippen LogP contribution < -0.4 is 11.3 Å². The number of rotatable bonds is 4. The molecular weight excluding hydrogens is 212 g/mol. The SMILES string of the molecule is CC(C)C(C)C(NN)c1cc2ccccc2o1. The summed E-state index contributed by atoms with van der Waals surface area (Å²) in [4.78, 5) is 0. The van der Waals surface area contributed by atoms with Crippen LogP contribution in [0.4, 0.5) is 0 Å². The molecule has 3 N–H and O–H groups in total. The summed E-state index contributed by atoms with van der Waals surface area (Å²) in [6.45, 7) is 6.57. The molecule has 3 nitrogen and oxygen atoms in total. The molecule has 0 aliphatic rings. The molecule has 92 valence electrons. The lowest BCUT2D eigenvalue weighted by Crippen LogP contribution is -2.34. The standard InChI is InChI=1S/C14H20N2O/c1-9(2)10(3)14(16-15)13-8-11-6-4-5-7-12(11)17-13/h4-10,14,16H,15H2,1-3H3. The van der Waals surface area contributed by atoms with E-state index < -0.39 is 0 Å². The van der Waals surface area contributed by atoms with Crippen molar-refractivity contribution in [2.75, 3.05) is 0 Å². The van der Waals surface area contributed by atoms with Gasteiger partial charge in [-0.3, -0.25) is 5.84 Å². The fourth-order valence-electron chi connectivity index (χ4n) is 2.03. The van der Waals surface area contributed by atoms with E-state index in [4.69, 9.17) is 10.3 Å². The van der Waals surface area contributed by atoms with Gasteiger partial charge in [0, 0.05) is 5.39 Å². The van der Waals surface area contributed by atoms with E-state index in [1.54, 1.807) is 0 Å². The van der Waals surface area contributed by atoms with Gasteiger partial charge in [-0.25, -0.2) is 5.43 Å². The number of benzene rings is 1. The van der Waals surface area contributed by atoms with Crippen molar-refractivity contribution in [3.05, 3.63) is 36.1 Å². The number of hydrazine groups is 1. The van der Waals surface area contributed by atoms with Crippen molar-refractivity contribution in [1.82, 2.24) is 5.43 Å². The Labute approximate surface area is 102 Å². The number of furan rings is 1. The summed E-state index contributed by atoms with van der Waals surface area (Å²) >= 11 is 0. The predicted octanol–water partition coefficient (Wildman–Crippen LogP) is 3.23. The maximum atomic E-state index is 5.85. The number of para-hydroxylation sites is 1. The van der Waals surface area contributed by atoms with Crippen molar-refractivity contribution >= 4 is 11.0 Å². The minimum atomic E-state index is 0.0578. The van der Waals surface area contributed by atoms with Gasteiger partial charge in [0.2, 0.25) is 0 Å². The fourth-order valence-corrected chi connectivity index (χ4v) is 2.03. The summed E-state index contributed by atoms with van der Waals surface area (Å²) in [6.07, 6.45) is 0. The number of fused-ring (bicyclic) bond motifs is 1. The molecular formula is C14H20N2O. The lowest BCUT2D eigenvalue weighted by Gasteiger charge is -2.24. The molecule has 0 spiro atoms. The highest BCUT2D eigenvalue weighted by molar-refractivity contribution is 5.77. The largest absolute Gasteiger partial charge is 0.459 e. The van der Waals surface area contributed by atoms with Crippen molar-refractivity contribution in [3.8, 4) is 0 Å². The van der Waals surface area contributed by atoms with Gasteiger partial charge in [-0.15, -0.1) is 0 Å². The normalized spacial score (nSPS) is 15.4. The smallest absolute Gasteiger partial charge is 0.134 e. The second-order valence-electron chi connectivity index (χ2n) is 4.93. The van der Waals surface area contributed by atoms with Gasteiger partial charge in [0.05, 0.1) is 6.04 Å². The van der Waals surface area contributed by atoms with Gasteiger partial charge >= 0.3 is 0 Å². The zero-order valence-electron chi connectivity index (χ0n) is 10.6. The Hall–Kier alpha value is -1.32. The first-order chi connectivity index (χ1) is 8.13. The second kappa shape index (κ2) is 4.90. The van der Waals surface area contributed by atoms with Crippen LogP contribution in [-0.4, -0.2) is 0 Å². The highest BCUT2D eigenvalue weighted by atomic mass is 16.3. The maximum Gasteiger partial charge on any atom is 0.134 e. The molecule has 1 aromatic heterocycles. The quantitative estimate of drug-likeness (QED) is 0.628. The lowest BCUT2D eigenvalue weighted by molar-refractivity contribution is 0.274. The van der Waals surface area contributed by atoms with Crippen LogP contribution in [0, 0.1) is 11.8 Å². The van der Waals surface area contributed by atoms with E-state index in [0.29, 0.717) is 11.8 Å². The van der Waals surface area contributed by atoms with E-state index in [-0.39, 0.29) is 6.04 Å². The molecule has 2 aromatic rings. The number of hydrogen-bond acceptors (Lipinski definition) is 3. The molecule has 2 rings (SSSR count). The van der Waals surface area contributed by atoms with Crippen molar-refractivity contribution in [2.24, 2.45) is 17.7 Å². The molecule has 0 saturated carbocycles. The fraction of sp³-hybridized carbons (Fsp3) is 0.429. The Kier molecular flexibility index (Phi) is 3.50. The summed E-state index contributed by atoms with van der Waals surface area (Å²) in [5.41, 5.74) is 3.78. The summed E-state index contributed by atoms with van der Waals surface area (Å²) in [7, 11) is 0. The van der Waals surface area contributed by atoms with Crippen LogP contribution >= 0.6 is 0 Å². The average Bonchev–Trinajstić information content (AvgIpc) is 2.72. The minimum Gasteiger partial charge on any atom is -0.459 e. The predicted molar refractivity (Wildman–Crippen MR) is 70.3 cm³/mol. The van der Waals surface area contributed by atoms with E-state index in [1.165, 1.54) is 0 Å². The molecule has 2 unspecified atom stereocenters. The van der Waals surface area contributed by atoms with Crippen LogP contribution in [0.15, 0.2) is 34.7 Å². The Morgan fingerprint density at radius 3 is 2.47 bits per heavy atom. The highest BCUT2D eigenvalue weighted by Crippen LogP contribution is 2.31. The van der Waals surface area contributed by atoms with E-state index in [2.05, 4.69) is 38.3 Å². The van der Waals surface area contributed by atoms with Crippen LogP contribution in [0.3, 0.4) is 0 Å². The van der Waals surface area contributed by atoms with Gasteiger partial charge in [0.15, 0.2) is 0 Å². The average molecular weight is 232 g/mol. The summed E-state index contributed by atoms with van der Waals surface area (Å²) < 4.78 is 5.85. The van der Waals surface area contributed by atoms with E-state index in [9.17, 15) is 0 Å². The zero-order valence-corrected chi connectivity index (χ0v) is 10.6. The summed E-state index contributed by atoms with van der Waals surface area (Å²) in [5, 5.41) is 1.12. The first-order valence-corrected chi connectivity index (χ1v) is 6.08. The molecule has 0 aliphatic heterocycles. The molecule has 1 heterocycles. The molecule has 0 bridgehead atoms. The first kappa shape index (κ1) is 12.1. The lowest BCUT2D eigenvalue weighted by atomic mass is 9.89. The van der Waals surface area contributed by atoms with Crippen LogP contribution in [0.1, 0.15) is 32.6 Å². The Morgan fingerprint density at radius 1 is 1.18 bits per heavy atom. The third-order valence-corrected chi connectivity index (χ3v) is 3.51. The first-order valence-electron chi connectivity index (χ1n) is 6.08. The molecule has 3 heteroatoms. The van der Waals surface area contributed by atoms with Gasteiger partial charge in [-0.2, -0.15) is 0 Å². The van der Waals surface area contributed by atoms with Gasteiger partial charge in [-0.1, -0.05) is 39.0 Å². The van der Waals surface area contributed by atoms with E-state index in [0.717, 1.165) is 16.7 Å². The monoisotopic (exact) mass is 232 g/mol. The maximum absolute atomic E-state index is 5.85. The minimum absolute atomic E-state index is 0.0578. The topological polar surface area (TPSA) is 51.2 Å². The molecule has 0 amide bonds. The van der Waals surface area contributed by atoms with Crippen molar-refractivity contribution in [2.45, 2.75) is 26.8 Å². The third kappa shape index (κ3) is 2.35. The Bertz CT molecular complexity index is 457. The van der Waals surface area contributed by atoms with Crippen molar-refractivity contribution in [3.63, 3.8) is 0 Å². The molecule has 0 aliphatic carbocycles. The zero-order chi connectivity index (χ0) is 12.4. The van der Waals surface area contributed by atoms with E-state index >= 15 is 0 Å². The van der Waals surface area contributed by atoms with Crippen LogP contribution in [0.5, 0.6) is 0 Å². The number of nitrogens with two attached hydrogens (primary N) is 1. The molecule has 0 fully saturated rings. The second-order valence-corrected chi connectivity index (χ2v) is 4.93. The van der Waals surface area contributed by atoms with E-state index in [1.807, 2.05) is 18.2 Å². The van der Waals surface area contributed by atoms with Crippen LogP contribution in [0.2, 0.25) is 0 Å². The Morgan fingerprint density at radius 2 is 1.88 bits per heavy atom. The van der Waals surface area contributed by atoms with Gasteiger partial charge in [0.25, 0.3) is 0 Å². The molecule has 0 saturated heterocycles. The number of hydrogen-bond donors (Lipinski definition) is 2. The Balaban J connectivity index is 2.36. The van der Waals surface area contributed by atoms with Crippen molar-refractivity contribution in [1.29, 1.82) is 0 Å². The third-order valence-electron chi connectivity index (χ3n) is 3.51. The molecule has 17 heavy (non-hydrogen) atoms. The molecule has 0 radical (unpaired) electrons. The van der Waals surface area contributed by atoms with Crippen LogP contribution in [0.25, 0.3) is 11.0 Å². The number of nitrogens with one attached hydrogen (secondary N) is 1. The van der Waals surface area contributed by atoms with Crippen LogP contribution in [-0.2, 0) is 0 Å². The molecule has 2 atom stereocenters. The summed E-state index contributed by atoms with van der Waals surface area (Å²) in [6, 6.07) is 10.1. The van der Waals surface area contributed by atoms with Gasteiger partial charge in [0.1, 0.15) is 11.3 Å².